The van der Waals surface area contributed by atoms with Gasteiger partial charge in [0.2, 0.25) is 0 Å². The number of ether oxygens (including phenoxy) is 1. The molecule has 1 aromatic heterocycles. The third kappa shape index (κ3) is 1.78. The van der Waals surface area contributed by atoms with Gasteiger partial charge in [0.1, 0.15) is 17.3 Å². The van der Waals surface area contributed by atoms with Crippen molar-refractivity contribution in [1.82, 2.24) is 9.97 Å². The van der Waals surface area contributed by atoms with E-state index in [2.05, 4.69) is 20.0 Å². The first-order valence-corrected chi connectivity index (χ1v) is 4.63. The second-order valence-corrected chi connectivity index (χ2v) is 3.65. The maximum Gasteiger partial charge on any atom is 0.413 e. The summed E-state index contributed by atoms with van der Waals surface area (Å²) in [5, 5.41) is 2.00. The molecule has 0 saturated carbocycles. The van der Waals surface area contributed by atoms with Gasteiger partial charge >= 0.3 is 6.09 Å². The van der Waals surface area contributed by atoms with Crippen LogP contribution in [0.3, 0.4) is 0 Å². The number of alkyl halides is 2. The molecular formula is C8H6ClF2N3O2. The van der Waals surface area contributed by atoms with Crippen molar-refractivity contribution >= 4 is 23.5 Å². The minimum Gasteiger partial charge on any atom is -0.434 e. The zero-order valence-corrected chi connectivity index (χ0v) is 8.76. The fraction of sp³-hybridized carbons (Fsp3) is 0.375. The van der Waals surface area contributed by atoms with E-state index in [0.717, 1.165) is 6.33 Å². The molecular weight excluding hydrogens is 244 g/mol. The molecule has 8 heteroatoms. The van der Waals surface area contributed by atoms with Crippen LogP contribution in [0.5, 0.6) is 0 Å². The third-order valence-electron chi connectivity index (χ3n) is 2.00. The van der Waals surface area contributed by atoms with Crippen molar-refractivity contribution in [2.45, 2.75) is 19.0 Å². The fourth-order valence-corrected chi connectivity index (χ4v) is 1.59. The lowest BCUT2D eigenvalue weighted by Crippen LogP contribution is -2.35. The minimum atomic E-state index is -3.26. The van der Waals surface area contributed by atoms with E-state index in [1.807, 2.05) is 0 Å². The molecule has 1 aromatic rings. The van der Waals surface area contributed by atoms with E-state index >= 15 is 0 Å². The Balaban J connectivity index is 2.56. The number of nitrogens with zero attached hydrogens (tertiary/aromatic N) is 2. The number of halogens is 3. The van der Waals surface area contributed by atoms with Crippen LogP contribution in [0.2, 0.25) is 5.15 Å². The van der Waals surface area contributed by atoms with Gasteiger partial charge in [0, 0.05) is 6.92 Å². The number of cyclic esters (lactones) is 1. The summed E-state index contributed by atoms with van der Waals surface area (Å²) in [6.07, 6.45) is -1.70. The van der Waals surface area contributed by atoms with Crippen LogP contribution in [-0.4, -0.2) is 22.0 Å². The van der Waals surface area contributed by atoms with E-state index in [4.69, 9.17) is 11.6 Å². The van der Waals surface area contributed by atoms with Crippen LogP contribution in [0.15, 0.2) is 6.33 Å². The second-order valence-electron chi connectivity index (χ2n) is 3.29. The predicted molar refractivity (Wildman–Crippen MR) is 50.5 cm³/mol. The molecule has 2 rings (SSSR count). The first kappa shape index (κ1) is 11.0. The summed E-state index contributed by atoms with van der Waals surface area (Å²) in [4.78, 5) is 18.2. The lowest BCUT2D eigenvalue weighted by Gasteiger charge is -2.29. The quantitative estimate of drug-likeness (QED) is 0.776. The van der Waals surface area contributed by atoms with E-state index in [-0.39, 0.29) is 16.5 Å². The Kier molecular flexibility index (Phi) is 2.42. The molecule has 0 saturated heterocycles. The molecule has 2 heterocycles. The van der Waals surface area contributed by atoms with Gasteiger partial charge in [-0.25, -0.2) is 23.5 Å². The number of fused-ring (bicyclic) bond motifs is 1. The van der Waals surface area contributed by atoms with E-state index < -0.39 is 18.1 Å². The van der Waals surface area contributed by atoms with Crippen LogP contribution in [-0.2, 0) is 4.74 Å². The van der Waals surface area contributed by atoms with Gasteiger partial charge in [0.15, 0.2) is 6.10 Å². The van der Waals surface area contributed by atoms with Crippen LogP contribution in [0.1, 0.15) is 18.6 Å². The van der Waals surface area contributed by atoms with Gasteiger partial charge in [-0.05, 0) is 0 Å². The molecule has 86 valence electrons. The van der Waals surface area contributed by atoms with Crippen molar-refractivity contribution in [1.29, 1.82) is 0 Å². The molecule has 1 amide bonds. The number of anilines is 1. The van der Waals surface area contributed by atoms with Crippen molar-refractivity contribution in [3.05, 3.63) is 17.0 Å². The molecule has 1 aliphatic rings. The summed E-state index contributed by atoms with van der Waals surface area (Å²) in [5.74, 6) is -3.32. The molecule has 0 radical (unpaired) electrons. The van der Waals surface area contributed by atoms with Crippen LogP contribution >= 0.6 is 11.6 Å². The molecule has 1 atom stereocenters. The maximum atomic E-state index is 13.2. The Hall–Kier alpha value is -1.50. The van der Waals surface area contributed by atoms with E-state index in [9.17, 15) is 13.6 Å². The number of rotatable bonds is 1. The maximum absolute atomic E-state index is 13.2. The smallest absolute Gasteiger partial charge is 0.413 e. The fourth-order valence-electron chi connectivity index (χ4n) is 1.36. The summed E-state index contributed by atoms with van der Waals surface area (Å²) in [5.41, 5.74) is -0.115. The predicted octanol–water partition coefficient (Wildman–Crippen LogP) is 2.39. The second kappa shape index (κ2) is 3.51. The summed E-state index contributed by atoms with van der Waals surface area (Å²) >= 11 is 5.67. The Morgan fingerprint density at radius 2 is 2.25 bits per heavy atom. The molecule has 1 aliphatic heterocycles. The highest BCUT2D eigenvalue weighted by atomic mass is 35.5. The molecule has 5 nitrogen and oxygen atoms in total. The van der Waals surface area contributed by atoms with E-state index in [1.54, 1.807) is 0 Å². The highest BCUT2D eigenvalue weighted by Crippen LogP contribution is 2.42. The van der Waals surface area contributed by atoms with Crippen LogP contribution in [0.25, 0.3) is 0 Å². The lowest BCUT2D eigenvalue weighted by atomic mass is 10.1. The largest absolute Gasteiger partial charge is 0.434 e. The van der Waals surface area contributed by atoms with Gasteiger partial charge in [0.25, 0.3) is 5.92 Å². The number of hydrogen-bond donors (Lipinski definition) is 1. The zero-order valence-electron chi connectivity index (χ0n) is 8.00. The SMILES string of the molecule is CC(F)(F)[C@H]1OC(=O)Nc2ncnc(Cl)c21. The first-order chi connectivity index (χ1) is 7.39. The van der Waals surface area contributed by atoms with Crippen LogP contribution in [0.4, 0.5) is 19.4 Å². The molecule has 0 unspecified atom stereocenters. The Bertz CT molecular complexity index is 449. The summed E-state index contributed by atoms with van der Waals surface area (Å²) in [7, 11) is 0. The zero-order chi connectivity index (χ0) is 11.9. The van der Waals surface area contributed by atoms with Gasteiger partial charge in [0.05, 0.1) is 5.56 Å². The molecule has 0 bridgehead atoms. The van der Waals surface area contributed by atoms with Crippen molar-refractivity contribution in [2.75, 3.05) is 5.32 Å². The minimum absolute atomic E-state index is 0.0530. The van der Waals surface area contributed by atoms with Crippen molar-refractivity contribution in [3.63, 3.8) is 0 Å². The van der Waals surface area contributed by atoms with Gasteiger partial charge in [-0.3, -0.25) is 5.32 Å². The Morgan fingerprint density at radius 1 is 1.56 bits per heavy atom. The van der Waals surface area contributed by atoms with Gasteiger partial charge in [-0.15, -0.1) is 0 Å². The Labute approximate surface area is 93.8 Å². The van der Waals surface area contributed by atoms with Gasteiger partial charge < -0.3 is 4.74 Å². The highest BCUT2D eigenvalue weighted by molar-refractivity contribution is 6.30. The summed E-state index contributed by atoms with van der Waals surface area (Å²) in [6, 6.07) is 0. The normalized spacial score (nSPS) is 19.8. The third-order valence-corrected chi connectivity index (χ3v) is 2.30. The van der Waals surface area contributed by atoms with Crippen LogP contribution in [0, 0.1) is 0 Å². The molecule has 16 heavy (non-hydrogen) atoms. The molecule has 0 aromatic carbocycles. The van der Waals surface area contributed by atoms with Crippen molar-refractivity contribution in [3.8, 4) is 0 Å². The Morgan fingerprint density at radius 3 is 2.88 bits per heavy atom. The van der Waals surface area contributed by atoms with Crippen LogP contribution < -0.4 is 5.32 Å². The van der Waals surface area contributed by atoms with E-state index in [0.29, 0.717) is 6.92 Å². The first-order valence-electron chi connectivity index (χ1n) is 4.25. The monoisotopic (exact) mass is 249 g/mol. The summed E-state index contributed by atoms with van der Waals surface area (Å²) in [6.45, 7) is 0.628. The van der Waals surface area contributed by atoms with Gasteiger partial charge in [-0.2, -0.15) is 0 Å². The molecule has 0 fully saturated rings. The topological polar surface area (TPSA) is 64.1 Å². The average Bonchev–Trinajstić information content (AvgIpc) is 2.15. The van der Waals surface area contributed by atoms with E-state index in [1.165, 1.54) is 0 Å². The number of hydrogen-bond acceptors (Lipinski definition) is 4. The lowest BCUT2D eigenvalue weighted by molar-refractivity contribution is -0.0987. The standard InChI is InChI=1S/C8H6ClF2N3O2/c1-8(10,11)4-3-5(9)12-2-13-6(3)14-7(15)16-4/h2,4H,1H3,(H,12,13,14,15)/t4-/m0/s1. The van der Waals surface area contributed by atoms with Crippen molar-refractivity contribution < 1.29 is 18.3 Å². The highest BCUT2D eigenvalue weighted by Gasteiger charge is 2.45. The average molecular weight is 250 g/mol. The number of carbonyl (C=O) groups excluding carboxylic acids is 1. The molecule has 0 spiro atoms. The molecule has 0 aliphatic carbocycles. The summed E-state index contributed by atoms with van der Waals surface area (Å²) < 4.78 is 30.9. The number of aromatic nitrogens is 2. The molecule has 1 N–H and O–H groups in total. The number of nitrogens with one attached hydrogen (secondary N) is 1. The number of carbonyl (C=O) groups is 1. The van der Waals surface area contributed by atoms with Crippen molar-refractivity contribution in [2.24, 2.45) is 0 Å². The van der Waals surface area contributed by atoms with Gasteiger partial charge in [-0.1, -0.05) is 11.6 Å². The number of amides is 1.